The number of morpholine rings is 1. The van der Waals surface area contributed by atoms with Gasteiger partial charge in [0.1, 0.15) is 17.2 Å². The molecule has 3 rings (SSSR count). The average molecular weight is 484 g/mol. The van der Waals surface area contributed by atoms with E-state index in [-0.39, 0.29) is 40.1 Å². The number of carbonyl (C=O) groups is 2. The third kappa shape index (κ3) is 6.59. The van der Waals surface area contributed by atoms with Crippen molar-refractivity contribution < 1.29 is 27.8 Å². The second-order valence-corrected chi connectivity index (χ2v) is 8.64. The fraction of sp³-hybridized carbons (Fsp3) is 0.476. The number of benzene rings is 1. The molecule has 1 aliphatic heterocycles. The van der Waals surface area contributed by atoms with Crippen LogP contribution in [0.5, 0.6) is 5.88 Å². The van der Waals surface area contributed by atoms with Crippen LogP contribution in [0.4, 0.5) is 18.6 Å². The maximum atomic E-state index is 14.1. The summed E-state index contributed by atoms with van der Waals surface area (Å²) in [6.45, 7) is 7.49. The van der Waals surface area contributed by atoms with Crippen LogP contribution in [0.25, 0.3) is 0 Å². The quantitative estimate of drug-likeness (QED) is 0.504. The van der Waals surface area contributed by atoms with Crippen molar-refractivity contribution in [3.8, 4) is 5.88 Å². The molecule has 0 bridgehead atoms. The summed E-state index contributed by atoms with van der Waals surface area (Å²) in [5, 5.41) is 5.42. The highest BCUT2D eigenvalue weighted by Gasteiger charge is 2.23. The molecule has 9 nitrogen and oxygen atoms in total. The van der Waals surface area contributed by atoms with Crippen molar-refractivity contribution in [2.45, 2.75) is 20.5 Å². The SMILES string of the molecule is Cc1ccc(COc2nsc(NC(=O)NCC(C)CN3CCOCC3)c2C(N)=O)c(F)c1F. The Balaban J connectivity index is 1.57. The molecule has 1 saturated heterocycles. The number of halogens is 2. The summed E-state index contributed by atoms with van der Waals surface area (Å²) in [5.74, 6) is -2.83. The minimum atomic E-state index is -1.03. The Morgan fingerprint density at radius 1 is 1.30 bits per heavy atom. The Hall–Kier alpha value is -2.83. The van der Waals surface area contributed by atoms with Crippen LogP contribution in [-0.4, -0.2) is 60.6 Å². The lowest BCUT2D eigenvalue weighted by Gasteiger charge is -2.29. The van der Waals surface area contributed by atoms with Gasteiger partial charge in [-0.3, -0.25) is 15.0 Å². The summed E-state index contributed by atoms with van der Waals surface area (Å²) in [5.41, 5.74) is 5.42. The highest BCUT2D eigenvalue weighted by molar-refractivity contribution is 7.11. The standard InChI is InChI=1S/C21H27F2N5O4S/c1-12(10-28-5-7-31-8-6-28)9-25-21(30)26-20-15(18(24)29)19(27-33-20)32-11-14-4-3-13(2)16(22)17(14)23/h3-4,12H,5-11H2,1-2H3,(H2,24,29)(H2,25,26,30). The number of rotatable bonds is 9. The number of urea groups is 1. The number of amides is 3. The molecular weight excluding hydrogens is 456 g/mol. The molecular formula is C21H27F2N5O4S. The average Bonchev–Trinajstić information content (AvgIpc) is 3.19. The number of nitrogens with zero attached hydrogens (tertiary/aromatic N) is 2. The fourth-order valence-corrected chi connectivity index (χ4v) is 4.06. The van der Waals surface area contributed by atoms with Crippen LogP contribution < -0.4 is 21.1 Å². The molecule has 2 heterocycles. The van der Waals surface area contributed by atoms with Crippen LogP contribution in [0.15, 0.2) is 12.1 Å². The molecule has 0 saturated carbocycles. The van der Waals surface area contributed by atoms with E-state index in [1.807, 2.05) is 6.92 Å². The van der Waals surface area contributed by atoms with Crippen molar-refractivity contribution in [2.75, 3.05) is 44.7 Å². The number of hydrogen-bond donors (Lipinski definition) is 3. The van der Waals surface area contributed by atoms with Gasteiger partial charge in [0, 0.05) is 31.7 Å². The summed E-state index contributed by atoms with van der Waals surface area (Å²) in [6.07, 6.45) is 0. The van der Waals surface area contributed by atoms with Gasteiger partial charge in [-0.2, -0.15) is 4.37 Å². The Kier molecular flexibility index (Phi) is 8.53. The van der Waals surface area contributed by atoms with Crippen molar-refractivity contribution in [1.82, 2.24) is 14.6 Å². The van der Waals surface area contributed by atoms with Crippen molar-refractivity contribution in [1.29, 1.82) is 0 Å². The topological polar surface area (TPSA) is 119 Å². The van der Waals surface area contributed by atoms with Crippen molar-refractivity contribution in [2.24, 2.45) is 11.7 Å². The van der Waals surface area contributed by atoms with Crippen molar-refractivity contribution in [3.63, 3.8) is 0 Å². The molecule has 180 valence electrons. The maximum Gasteiger partial charge on any atom is 0.319 e. The number of primary amides is 1. The predicted octanol–water partition coefficient (Wildman–Crippen LogP) is 2.50. The number of nitrogens with one attached hydrogen (secondary N) is 2. The van der Waals surface area contributed by atoms with Gasteiger partial charge in [0.05, 0.1) is 13.2 Å². The molecule has 0 aliphatic carbocycles. The molecule has 1 fully saturated rings. The number of aryl methyl sites for hydroxylation is 1. The lowest BCUT2D eigenvalue weighted by molar-refractivity contribution is 0.0320. The van der Waals surface area contributed by atoms with E-state index in [1.165, 1.54) is 19.1 Å². The zero-order chi connectivity index (χ0) is 24.0. The van der Waals surface area contributed by atoms with E-state index in [4.69, 9.17) is 15.2 Å². The van der Waals surface area contributed by atoms with E-state index < -0.39 is 23.6 Å². The number of aromatic nitrogens is 1. The molecule has 4 N–H and O–H groups in total. The predicted molar refractivity (Wildman–Crippen MR) is 120 cm³/mol. The minimum Gasteiger partial charge on any atom is -0.471 e. The van der Waals surface area contributed by atoms with Gasteiger partial charge in [0.2, 0.25) is 5.88 Å². The Bertz CT molecular complexity index is 997. The summed E-state index contributed by atoms with van der Waals surface area (Å²) in [4.78, 5) is 26.5. The molecule has 1 aromatic heterocycles. The molecule has 12 heteroatoms. The largest absolute Gasteiger partial charge is 0.471 e. The van der Waals surface area contributed by atoms with E-state index in [9.17, 15) is 18.4 Å². The first kappa shape index (κ1) is 24.8. The van der Waals surface area contributed by atoms with Crippen LogP contribution in [0, 0.1) is 24.5 Å². The number of hydrogen-bond acceptors (Lipinski definition) is 7. The van der Waals surface area contributed by atoms with Gasteiger partial charge in [-0.05, 0) is 29.9 Å². The third-order valence-corrected chi connectivity index (χ3v) is 5.88. The van der Waals surface area contributed by atoms with E-state index >= 15 is 0 Å². The smallest absolute Gasteiger partial charge is 0.319 e. The summed E-state index contributed by atoms with van der Waals surface area (Å²) in [7, 11) is 0. The highest BCUT2D eigenvalue weighted by atomic mass is 32.1. The van der Waals surface area contributed by atoms with Gasteiger partial charge in [-0.15, -0.1) is 0 Å². The molecule has 1 aromatic carbocycles. The second-order valence-electron chi connectivity index (χ2n) is 7.87. The summed E-state index contributed by atoms with van der Waals surface area (Å²) in [6, 6.07) is 2.28. The molecule has 33 heavy (non-hydrogen) atoms. The first-order chi connectivity index (χ1) is 15.8. The number of carbonyl (C=O) groups excluding carboxylic acids is 2. The number of anilines is 1. The van der Waals surface area contributed by atoms with E-state index in [0.29, 0.717) is 19.8 Å². The van der Waals surface area contributed by atoms with E-state index in [2.05, 4.69) is 19.9 Å². The van der Waals surface area contributed by atoms with Gasteiger partial charge in [-0.1, -0.05) is 19.1 Å². The molecule has 3 amide bonds. The Labute approximate surface area is 194 Å². The zero-order valence-electron chi connectivity index (χ0n) is 18.5. The highest BCUT2D eigenvalue weighted by Crippen LogP contribution is 2.31. The molecule has 1 unspecified atom stereocenters. The lowest BCUT2D eigenvalue weighted by Crippen LogP contribution is -2.42. The maximum absolute atomic E-state index is 14.1. The van der Waals surface area contributed by atoms with Crippen LogP contribution in [0.2, 0.25) is 0 Å². The van der Waals surface area contributed by atoms with Crippen LogP contribution in [-0.2, 0) is 11.3 Å². The van der Waals surface area contributed by atoms with Crippen LogP contribution in [0.3, 0.4) is 0 Å². The molecule has 0 radical (unpaired) electrons. The first-order valence-electron chi connectivity index (χ1n) is 10.5. The third-order valence-electron chi connectivity index (χ3n) is 5.14. The molecule has 1 atom stereocenters. The van der Waals surface area contributed by atoms with Gasteiger partial charge >= 0.3 is 6.03 Å². The summed E-state index contributed by atoms with van der Waals surface area (Å²) >= 11 is 0.803. The van der Waals surface area contributed by atoms with E-state index in [1.54, 1.807) is 0 Å². The Morgan fingerprint density at radius 3 is 2.73 bits per heavy atom. The van der Waals surface area contributed by atoms with Gasteiger partial charge in [0.25, 0.3) is 5.91 Å². The number of nitrogens with two attached hydrogens (primary N) is 1. The van der Waals surface area contributed by atoms with Crippen molar-refractivity contribution in [3.05, 3.63) is 40.5 Å². The van der Waals surface area contributed by atoms with Crippen LogP contribution in [0.1, 0.15) is 28.4 Å². The number of ether oxygens (including phenoxy) is 2. The Morgan fingerprint density at radius 2 is 2.03 bits per heavy atom. The fourth-order valence-electron chi connectivity index (χ4n) is 3.32. The van der Waals surface area contributed by atoms with E-state index in [0.717, 1.165) is 31.2 Å². The molecule has 1 aliphatic rings. The monoisotopic (exact) mass is 483 g/mol. The summed E-state index contributed by atoms with van der Waals surface area (Å²) < 4.78 is 42.5. The van der Waals surface area contributed by atoms with Crippen molar-refractivity contribution >= 4 is 28.5 Å². The minimum absolute atomic E-state index is 0.0389. The van der Waals surface area contributed by atoms with Gasteiger partial charge in [-0.25, -0.2) is 13.6 Å². The first-order valence-corrected chi connectivity index (χ1v) is 11.2. The van der Waals surface area contributed by atoms with Gasteiger partial charge < -0.3 is 20.5 Å². The lowest BCUT2D eigenvalue weighted by atomic mass is 10.1. The van der Waals surface area contributed by atoms with Crippen LogP contribution >= 0.6 is 11.5 Å². The van der Waals surface area contributed by atoms with Gasteiger partial charge in [0.15, 0.2) is 11.6 Å². The normalized spacial score (nSPS) is 15.2. The zero-order valence-corrected chi connectivity index (χ0v) is 19.3. The molecule has 0 spiro atoms. The second kappa shape index (κ2) is 11.3. The molecule has 2 aromatic rings.